The van der Waals surface area contributed by atoms with Crippen LogP contribution in [0.1, 0.15) is 24.8 Å². The number of aromatic nitrogens is 2. The Hall–Kier alpha value is -4.56. The van der Waals surface area contributed by atoms with Crippen molar-refractivity contribution in [3.63, 3.8) is 0 Å². The van der Waals surface area contributed by atoms with E-state index in [-0.39, 0.29) is 24.1 Å². The maximum atomic E-state index is 12.3. The van der Waals surface area contributed by atoms with Gasteiger partial charge in [-0.25, -0.2) is 9.59 Å². The Balaban J connectivity index is 0.000000611. The van der Waals surface area contributed by atoms with Gasteiger partial charge in [0.2, 0.25) is 0 Å². The average Bonchev–Trinajstić information content (AvgIpc) is 2.87. The number of nitrogens with one attached hydrogen (secondary N) is 1. The maximum absolute atomic E-state index is 12.3. The number of piperidine rings is 1. The van der Waals surface area contributed by atoms with Crippen LogP contribution in [0.15, 0.2) is 42.5 Å². The zero-order chi connectivity index (χ0) is 29.7. The molecule has 1 unspecified atom stereocenters. The molecule has 2 aromatic rings. The van der Waals surface area contributed by atoms with Gasteiger partial charge in [-0.1, -0.05) is 12.1 Å². The van der Waals surface area contributed by atoms with Gasteiger partial charge in [-0.3, -0.25) is 4.79 Å². The van der Waals surface area contributed by atoms with Crippen molar-refractivity contribution in [1.82, 2.24) is 9.97 Å². The van der Waals surface area contributed by atoms with Gasteiger partial charge in [0.05, 0.1) is 7.11 Å². The van der Waals surface area contributed by atoms with Crippen LogP contribution < -0.4 is 19.7 Å². The fourth-order valence-electron chi connectivity index (χ4n) is 3.78. The topological polar surface area (TPSA) is 171 Å². The third kappa shape index (κ3) is 12.3. The molecular weight excluding hydrogens is 541 g/mol. The molecule has 0 bridgehead atoms. The lowest BCUT2D eigenvalue weighted by Crippen LogP contribution is -2.37. The van der Waals surface area contributed by atoms with E-state index in [1.54, 1.807) is 18.2 Å². The molecule has 1 aromatic heterocycles. The fourth-order valence-corrected chi connectivity index (χ4v) is 3.78. The Labute approximate surface area is 227 Å². The Morgan fingerprint density at radius 1 is 1.10 bits per heavy atom. The van der Waals surface area contributed by atoms with Crippen molar-refractivity contribution in [2.24, 2.45) is 5.92 Å². The van der Waals surface area contributed by atoms with Crippen LogP contribution in [-0.2, 0) is 20.8 Å². The number of alkyl halides is 3. The Bertz CT molecular complexity index is 1160. The highest BCUT2D eigenvalue weighted by Crippen LogP contribution is 2.27. The van der Waals surface area contributed by atoms with Gasteiger partial charge < -0.3 is 35.0 Å². The highest BCUT2D eigenvalue weighted by atomic mass is 19.4. The molecule has 1 aromatic carbocycles. The number of ether oxygens (including phenoxy) is 2. The maximum Gasteiger partial charge on any atom is 0.573 e. The highest BCUT2D eigenvalue weighted by Gasteiger charge is 2.31. The minimum atomic E-state index is -4.71. The van der Waals surface area contributed by atoms with Crippen LogP contribution >= 0.6 is 0 Å². The van der Waals surface area contributed by atoms with Crippen molar-refractivity contribution in [2.45, 2.75) is 32.0 Å². The average molecular weight is 571 g/mol. The van der Waals surface area contributed by atoms with Gasteiger partial charge in [0.1, 0.15) is 17.4 Å². The fraction of sp³-hybridized carbons (Fsp3) is 0.400. The van der Waals surface area contributed by atoms with E-state index in [1.807, 2.05) is 4.90 Å². The van der Waals surface area contributed by atoms with E-state index in [4.69, 9.17) is 20.1 Å². The van der Waals surface area contributed by atoms with Crippen LogP contribution in [0.25, 0.3) is 0 Å². The zero-order valence-electron chi connectivity index (χ0n) is 21.4. The van der Waals surface area contributed by atoms with Gasteiger partial charge >= 0.3 is 30.3 Å². The van der Waals surface area contributed by atoms with E-state index in [0.29, 0.717) is 43.3 Å². The molecule has 218 valence electrons. The Morgan fingerprint density at radius 3 is 2.30 bits per heavy atom. The highest BCUT2D eigenvalue weighted by molar-refractivity contribution is 5.89. The molecule has 0 spiro atoms. The second-order valence-corrected chi connectivity index (χ2v) is 8.53. The first-order chi connectivity index (χ1) is 18.8. The van der Waals surface area contributed by atoms with Crippen molar-refractivity contribution >= 4 is 29.5 Å². The normalized spacial score (nSPS) is 15.1. The molecule has 40 heavy (non-hydrogen) atoms. The molecule has 0 radical (unpaired) electrons. The first-order valence-electron chi connectivity index (χ1n) is 12.0. The van der Waals surface area contributed by atoms with Crippen LogP contribution in [0.4, 0.5) is 24.8 Å². The molecule has 0 amide bonds. The second-order valence-electron chi connectivity index (χ2n) is 8.53. The first kappa shape index (κ1) is 31.7. The van der Waals surface area contributed by atoms with Crippen LogP contribution in [-0.4, -0.2) is 76.3 Å². The van der Waals surface area contributed by atoms with Crippen LogP contribution in [0.5, 0.6) is 11.8 Å². The van der Waals surface area contributed by atoms with Gasteiger partial charge in [0, 0.05) is 44.3 Å². The summed E-state index contributed by atoms with van der Waals surface area (Å²) in [6.07, 6.45) is -1.18. The van der Waals surface area contributed by atoms with Crippen molar-refractivity contribution in [3.05, 3.63) is 48.0 Å². The molecule has 1 saturated heterocycles. The zero-order valence-corrected chi connectivity index (χ0v) is 21.4. The molecule has 2 heterocycles. The molecule has 3 rings (SSSR count). The number of benzene rings is 1. The summed E-state index contributed by atoms with van der Waals surface area (Å²) in [6, 6.07) is 7.68. The number of methoxy groups -OCH3 is 1. The number of anilines is 2. The van der Waals surface area contributed by atoms with Crippen molar-refractivity contribution in [1.29, 1.82) is 0 Å². The van der Waals surface area contributed by atoms with Gasteiger partial charge in [0.25, 0.3) is 0 Å². The van der Waals surface area contributed by atoms with Crippen LogP contribution in [0, 0.1) is 5.92 Å². The summed E-state index contributed by atoms with van der Waals surface area (Å²) in [5, 5.41) is 27.9. The van der Waals surface area contributed by atoms with Crippen molar-refractivity contribution in [3.8, 4) is 11.8 Å². The summed E-state index contributed by atoms with van der Waals surface area (Å²) < 4.78 is 45.8. The van der Waals surface area contributed by atoms with Gasteiger partial charge in [0.15, 0.2) is 0 Å². The quantitative estimate of drug-likeness (QED) is 0.291. The smallest absolute Gasteiger partial charge is 0.481 e. The molecule has 4 N–H and O–H groups in total. The minimum absolute atomic E-state index is 0.0583. The van der Waals surface area contributed by atoms with E-state index >= 15 is 0 Å². The first-order valence-corrected chi connectivity index (χ1v) is 12.0. The summed E-state index contributed by atoms with van der Waals surface area (Å²) in [4.78, 5) is 40.9. The number of aliphatic carboxylic acids is 3. The van der Waals surface area contributed by atoms with E-state index in [9.17, 15) is 27.6 Å². The number of nitrogens with zero attached hydrogens (tertiary/aromatic N) is 3. The van der Waals surface area contributed by atoms with E-state index in [0.717, 1.165) is 24.9 Å². The second kappa shape index (κ2) is 15.1. The monoisotopic (exact) mass is 570 g/mol. The number of carbonyl (C=O) groups is 3. The number of hydrogen-bond donors (Lipinski definition) is 4. The van der Waals surface area contributed by atoms with E-state index < -0.39 is 24.3 Å². The number of hydrogen-bond acceptors (Lipinski definition) is 9. The lowest BCUT2D eigenvalue weighted by atomic mass is 9.95. The Morgan fingerprint density at radius 2 is 1.75 bits per heavy atom. The molecule has 1 aliphatic heterocycles. The summed E-state index contributed by atoms with van der Waals surface area (Å²) in [6.45, 7) is 1.85. The molecule has 0 aliphatic carbocycles. The molecular formula is C25H29F3N4O8. The van der Waals surface area contributed by atoms with E-state index in [2.05, 4.69) is 20.0 Å². The SMILES string of the molecule is COc1nc(NCCc2ccc(OC(F)(F)F)cc2)cc(N2CCCC(CC(=O)O)C2)n1.O=C(O)/C=C\C(=O)O. The molecule has 15 heteroatoms. The van der Waals surface area contributed by atoms with Crippen molar-refractivity contribution < 1.29 is 52.3 Å². The lowest BCUT2D eigenvalue weighted by molar-refractivity contribution is -0.274. The van der Waals surface area contributed by atoms with Crippen LogP contribution in [0.2, 0.25) is 0 Å². The number of halogens is 3. The summed E-state index contributed by atoms with van der Waals surface area (Å²) in [7, 11) is 1.47. The largest absolute Gasteiger partial charge is 0.573 e. The predicted molar refractivity (Wildman–Crippen MR) is 136 cm³/mol. The Kier molecular flexibility index (Phi) is 12.0. The molecule has 1 aliphatic rings. The van der Waals surface area contributed by atoms with Gasteiger partial charge in [-0.2, -0.15) is 9.97 Å². The molecule has 12 nitrogen and oxygen atoms in total. The minimum Gasteiger partial charge on any atom is -0.481 e. The van der Waals surface area contributed by atoms with E-state index in [1.165, 1.54) is 19.2 Å². The third-order valence-electron chi connectivity index (χ3n) is 5.43. The molecule has 0 saturated carbocycles. The summed E-state index contributed by atoms with van der Waals surface area (Å²) >= 11 is 0. The predicted octanol–water partition coefficient (Wildman–Crippen LogP) is 3.44. The summed E-state index contributed by atoms with van der Waals surface area (Å²) in [5.74, 6) is -2.32. The van der Waals surface area contributed by atoms with Gasteiger partial charge in [-0.15, -0.1) is 13.2 Å². The number of carboxylic acid groups (broad SMARTS) is 3. The van der Waals surface area contributed by atoms with Crippen LogP contribution in [0.3, 0.4) is 0 Å². The van der Waals surface area contributed by atoms with Gasteiger partial charge in [-0.05, 0) is 42.9 Å². The third-order valence-corrected chi connectivity index (χ3v) is 5.43. The molecule has 1 fully saturated rings. The van der Waals surface area contributed by atoms with Crippen molar-refractivity contribution in [2.75, 3.05) is 37.0 Å². The number of carboxylic acids is 3. The standard InChI is InChI=1S/C21H25F3N4O4.C4H4O4/c1-31-20-26-17(12-18(27-20)28-10-2-3-15(13-28)11-19(29)30)25-9-8-14-4-6-16(7-5-14)32-21(22,23)24;5-3(6)1-2-4(7)8/h4-7,12,15H,2-3,8-11,13H2,1H3,(H,29,30)(H,25,26,27);1-2H,(H,5,6)(H,7,8)/b;2-1-. The lowest BCUT2D eigenvalue weighted by Gasteiger charge is -2.33. The molecule has 1 atom stereocenters. The summed E-state index contributed by atoms with van der Waals surface area (Å²) in [5.41, 5.74) is 0.834. The number of rotatable bonds is 11.